The Hall–Kier alpha value is -1.60. The van der Waals surface area contributed by atoms with Crippen LogP contribution in [0.4, 0.5) is 5.69 Å². The van der Waals surface area contributed by atoms with Crippen molar-refractivity contribution < 1.29 is 14.8 Å². The van der Waals surface area contributed by atoms with Gasteiger partial charge in [-0.3, -0.25) is 14.9 Å². The predicted molar refractivity (Wildman–Crippen MR) is 82.7 cm³/mol. The maximum Gasteiger partial charge on any atom is 0.283 e. The van der Waals surface area contributed by atoms with Crippen molar-refractivity contribution >= 4 is 23.4 Å². The summed E-state index contributed by atoms with van der Waals surface area (Å²) in [7, 11) is 0. The SMILES string of the molecule is CSc1ccc(C(=O)NC(CO)CC(C)C)cc1[N+](=O)[O-]. The molecule has 1 aromatic rings. The molecule has 0 bridgehead atoms. The number of aliphatic hydroxyl groups excluding tert-OH is 1. The fourth-order valence-electron chi connectivity index (χ4n) is 1.99. The van der Waals surface area contributed by atoms with Gasteiger partial charge in [-0.2, -0.15) is 0 Å². The van der Waals surface area contributed by atoms with Crippen molar-refractivity contribution in [1.29, 1.82) is 0 Å². The van der Waals surface area contributed by atoms with Gasteiger partial charge in [0.15, 0.2) is 0 Å². The van der Waals surface area contributed by atoms with Crippen LogP contribution in [0.3, 0.4) is 0 Å². The largest absolute Gasteiger partial charge is 0.394 e. The molecule has 0 aliphatic rings. The highest BCUT2D eigenvalue weighted by molar-refractivity contribution is 7.98. The van der Waals surface area contributed by atoms with Crippen LogP contribution < -0.4 is 5.32 Å². The predicted octanol–water partition coefficient (Wildman–Crippen LogP) is 2.45. The Balaban J connectivity index is 2.92. The molecule has 6 nitrogen and oxygen atoms in total. The molecule has 1 rings (SSSR count). The van der Waals surface area contributed by atoms with Gasteiger partial charge >= 0.3 is 0 Å². The normalized spacial score (nSPS) is 12.2. The van der Waals surface area contributed by atoms with E-state index >= 15 is 0 Å². The van der Waals surface area contributed by atoms with Gasteiger partial charge in [-0.15, -0.1) is 11.8 Å². The summed E-state index contributed by atoms with van der Waals surface area (Å²) in [5.41, 5.74) is 0.140. The summed E-state index contributed by atoms with van der Waals surface area (Å²) in [6.07, 6.45) is 2.39. The first-order valence-electron chi connectivity index (χ1n) is 6.63. The lowest BCUT2D eigenvalue weighted by Gasteiger charge is -2.18. The van der Waals surface area contributed by atoms with Gasteiger partial charge in [-0.25, -0.2) is 0 Å². The Kier molecular flexibility index (Phi) is 6.64. The van der Waals surface area contributed by atoms with Crippen LogP contribution >= 0.6 is 11.8 Å². The summed E-state index contributed by atoms with van der Waals surface area (Å²) < 4.78 is 0. The van der Waals surface area contributed by atoms with Gasteiger partial charge in [0.1, 0.15) is 0 Å². The van der Waals surface area contributed by atoms with Crippen LogP contribution in [0.25, 0.3) is 0 Å². The van der Waals surface area contributed by atoms with Crippen molar-refractivity contribution in [3.63, 3.8) is 0 Å². The Morgan fingerprint density at radius 1 is 1.48 bits per heavy atom. The van der Waals surface area contributed by atoms with Crippen molar-refractivity contribution in [2.45, 2.75) is 31.2 Å². The van der Waals surface area contributed by atoms with E-state index in [1.54, 1.807) is 18.4 Å². The molecular weight excluding hydrogens is 292 g/mol. The van der Waals surface area contributed by atoms with Gasteiger partial charge < -0.3 is 10.4 Å². The molecule has 1 amide bonds. The fraction of sp³-hybridized carbons (Fsp3) is 0.500. The Morgan fingerprint density at radius 3 is 2.62 bits per heavy atom. The number of nitrogens with zero attached hydrogens (tertiary/aromatic N) is 1. The van der Waals surface area contributed by atoms with Crippen molar-refractivity contribution in [2.24, 2.45) is 5.92 Å². The zero-order chi connectivity index (χ0) is 16.0. The number of carbonyl (C=O) groups excluding carboxylic acids is 1. The van der Waals surface area contributed by atoms with Crippen LogP contribution in [0, 0.1) is 16.0 Å². The van der Waals surface area contributed by atoms with Crippen LogP contribution in [0.2, 0.25) is 0 Å². The maximum atomic E-state index is 12.1. The summed E-state index contributed by atoms with van der Waals surface area (Å²) in [5.74, 6) is -0.0823. The monoisotopic (exact) mass is 312 g/mol. The average Bonchev–Trinajstić information content (AvgIpc) is 2.45. The van der Waals surface area contributed by atoms with E-state index in [0.717, 1.165) is 0 Å². The molecule has 1 aromatic carbocycles. The summed E-state index contributed by atoms with van der Waals surface area (Å²) in [4.78, 5) is 23.1. The third-order valence-electron chi connectivity index (χ3n) is 2.95. The zero-order valence-corrected chi connectivity index (χ0v) is 13.1. The summed E-state index contributed by atoms with van der Waals surface area (Å²) in [5, 5.41) is 23.0. The minimum Gasteiger partial charge on any atom is -0.394 e. The number of carbonyl (C=O) groups is 1. The smallest absolute Gasteiger partial charge is 0.283 e. The Bertz CT molecular complexity index is 520. The first kappa shape index (κ1) is 17.5. The topological polar surface area (TPSA) is 92.5 Å². The number of aliphatic hydroxyl groups is 1. The van der Waals surface area contributed by atoms with Gasteiger partial charge in [0.25, 0.3) is 11.6 Å². The number of nitro groups is 1. The molecule has 0 saturated carbocycles. The molecule has 116 valence electrons. The number of hydrogen-bond acceptors (Lipinski definition) is 5. The average molecular weight is 312 g/mol. The van der Waals surface area contributed by atoms with Gasteiger partial charge in [0.05, 0.1) is 22.5 Å². The molecule has 21 heavy (non-hydrogen) atoms. The number of nitro benzene ring substituents is 1. The van der Waals surface area contributed by atoms with E-state index < -0.39 is 10.8 Å². The number of thioether (sulfide) groups is 1. The molecule has 0 heterocycles. The molecule has 0 spiro atoms. The number of benzene rings is 1. The molecule has 2 N–H and O–H groups in total. The van der Waals surface area contributed by atoms with Gasteiger partial charge in [0, 0.05) is 11.6 Å². The molecule has 0 fully saturated rings. The van der Waals surface area contributed by atoms with Gasteiger partial charge in [0.2, 0.25) is 0 Å². The zero-order valence-electron chi connectivity index (χ0n) is 12.3. The van der Waals surface area contributed by atoms with E-state index in [-0.39, 0.29) is 23.9 Å². The highest BCUT2D eigenvalue weighted by Crippen LogP contribution is 2.28. The summed E-state index contributed by atoms with van der Waals surface area (Å²) in [6, 6.07) is 4.04. The second-order valence-electron chi connectivity index (χ2n) is 5.13. The van der Waals surface area contributed by atoms with Crippen molar-refractivity contribution in [3.8, 4) is 0 Å². The van der Waals surface area contributed by atoms with Crippen molar-refractivity contribution in [1.82, 2.24) is 5.32 Å². The Labute approximate surface area is 128 Å². The van der Waals surface area contributed by atoms with Crippen LogP contribution in [-0.2, 0) is 0 Å². The molecule has 0 aliphatic heterocycles. The molecule has 0 radical (unpaired) electrons. The third-order valence-corrected chi connectivity index (χ3v) is 3.73. The minimum absolute atomic E-state index is 0.0837. The lowest BCUT2D eigenvalue weighted by atomic mass is 10.0. The highest BCUT2D eigenvalue weighted by Gasteiger charge is 2.19. The number of amides is 1. The second-order valence-corrected chi connectivity index (χ2v) is 5.97. The van der Waals surface area contributed by atoms with Crippen LogP contribution in [-0.4, -0.2) is 34.8 Å². The summed E-state index contributed by atoms with van der Waals surface area (Å²) in [6.45, 7) is 3.83. The van der Waals surface area contributed by atoms with Crippen LogP contribution in [0.5, 0.6) is 0 Å². The second kappa shape index (κ2) is 7.99. The number of rotatable bonds is 7. The molecule has 1 atom stereocenters. The van der Waals surface area contributed by atoms with Crippen LogP contribution in [0.15, 0.2) is 23.1 Å². The Morgan fingerprint density at radius 2 is 2.14 bits per heavy atom. The quantitative estimate of drug-likeness (QED) is 0.458. The van der Waals surface area contributed by atoms with E-state index in [4.69, 9.17) is 0 Å². The van der Waals surface area contributed by atoms with E-state index in [9.17, 15) is 20.0 Å². The summed E-state index contributed by atoms with van der Waals surface area (Å²) >= 11 is 1.26. The number of nitrogens with one attached hydrogen (secondary N) is 1. The fourth-order valence-corrected chi connectivity index (χ4v) is 2.54. The molecular formula is C14H20N2O4S. The lowest BCUT2D eigenvalue weighted by Crippen LogP contribution is -2.38. The number of hydrogen-bond donors (Lipinski definition) is 2. The van der Waals surface area contributed by atoms with Gasteiger partial charge in [-0.1, -0.05) is 13.8 Å². The molecule has 7 heteroatoms. The molecule has 0 aliphatic carbocycles. The minimum atomic E-state index is -0.500. The van der Waals surface area contributed by atoms with Crippen LogP contribution in [0.1, 0.15) is 30.6 Å². The standard InChI is InChI=1S/C14H20N2O4S/c1-9(2)6-11(8-17)15-14(18)10-4-5-13(21-3)12(7-10)16(19)20/h4-5,7,9,11,17H,6,8H2,1-3H3,(H,15,18). The van der Waals surface area contributed by atoms with E-state index in [0.29, 0.717) is 17.2 Å². The van der Waals surface area contributed by atoms with Crippen molar-refractivity contribution in [2.75, 3.05) is 12.9 Å². The van der Waals surface area contributed by atoms with Crippen molar-refractivity contribution in [3.05, 3.63) is 33.9 Å². The van der Waals surface area contributed by atoms with E-state index in [1.807, 2.05) is 13.8 Å². The lowest BCUT2D eigenvalue weighted by molar-refractivity contribution is -0.387. The first-order valence-corrected chi connectivity index (χ1v) is 7.85. The third kappa shape index (κ3) is 5.02. The molecule has 0 saturated heterocycles. The molecule has 0 aromatic heterocycles. The van der Waals surface area contributed by atoms with E-state index in [2.05, 4.69) is 5.32 Å². The molecule has 1 unspecified atom stereocenters. The maximum absolute atomic E-state index is 12.1. The van der Waals surface area contributed by atoms with E-state index in [1.165, 1.54) is 17.8 Å². The van der Waals surface area contributed by atoms with Gasteiger partial charge in [-0.05, 0) is 30.7 Å². The first-order chi connectivity index (χ1) is 9.88. The highest BCUT2D eigenvalue weighted by atomic mass is 32.2.